The quantitative estimate of drug-likeness (QED) is 0.691. The SMILES string of the molecule is O=C1COc2ccc(I)cc2N1Cc1cccc(Cl)c1F. The maximum Gasteiger partial charge on any atom is 0.265 e. The van der Waals surface area contributed by atoms with Gasteiger partial charge in [0.2, 0.25) is 0 Å². The van der Waals surface area contributed by atoms with E-state index >= 15 is 0 Å². The number of benzene rings is 2. The monoisotopic (exact) mass is 417 g/mol. The number of hydrogen-bond donors (Lipinski definition) is 0. The van der Waals surface area contributed by atoms with Gasteiger partial charge >= 0.3 is 0 Å². The molecule has 0 atom stereocenters. The number of carbonyl (C=O) groups excluding carboxylic acids is 1. The molecule has 0 bridgehead atoms. The highest BCUT2D eigenvalue weighted by Crippen LogP contribution is 2.34. The van der Waals surface area contributed by atoms with Crippen LogP contribution in [0.4, 0.5) is 10.1 Å². The highest BCUT2D eigenvalue weighted by molar-refractivity contribution is 14.1. The van der Waals surface area contributed by atoms with E-state index in [9.17, 15) is 9.18 Å². The number of amides is 1. The van der Waals surface area contributed by atoms with Gasteiger partial charge in [0.05, 0.1) is 17.3 Å². The third kappa shape index (κ3) is 2.85. The molecule has 2 aromatic carbocycles. The lowest BCUT2D eigenvalue weighted by Gasteiger charge is -2.29. The minimum atomic E-state index is -0.495. The minimum absolute atomic E-state index is 0.0459. The van der Waals surface area contributed by atoms with Crippen LogP contribution >= 0.6 is 34.2 Å². The number of rotatable bonds is 2. The molecule has 0 radical (unpaired) electrons. The Morgan fingerprint density at radius 1 is 1.33 bits per heavy atom. The molecule has 0 fully saturated rings. The van der Waals surface area contributed by atoms with E-state index < -0.39 is 5.82 Å². The van der Waals surface area contributed by atoms with Gasteiger partial charge in [0.15, 0.2) is 6.61 Å². The van der Waals surface area contributed by atoms with E-state index in [4.69, 9.17) is 16.3 Å². The first-order chi connectivity index (χ1) is 10.1. The molecule has 0 N–H and O–H groups in total. The summed E-state index contributed by atoms with van der Waals surface area (Å²) >= 11 is 7.95. The molecule has 2 aromatic rings. The molecule has 0 saturated carbocycles. The maximum atomic E-state index is 14.0. The first-order valence-corrected chi connectivity index (χ1v) is 7.67. The van der Waals surface area contributed by atoms with Crippen LogP contribution in [-0.4, -0.2) is 12.5 Å². The summed E-state index contributed by atoms with van der Waals surface area (Å²) in [6.07, 6.45) is 0. The van der Waals surface area contributed by atoms with Crippen LogP contribution in [0.15, 0.2) is 36.4 Å². The second-order valence-electron chi connectivity index (χ2n) is 4.59. The smallest absolute Gasteiger partial charge is 0.265 e. The Balaban J connectivity index is 2.00. The third-order valence-corrected chi connectivity index (χ3v) is 4.19. The van der Waals surface area contributed by atoms with Crippen molar-refractivity contribution in [1.29, 1.82) is 0 Å². The zero-order chi connectivity index (χ0) is 15.0. The Morgan fingerprint density at radius 3 is 2.95 bits per heavy atom. The fourth-order valence-corrected chi connectivity index (χ4v) is 2.86. The first kappa shape index (κ1) is 14.6. The predicted octanol–water partition coefficient (Wildman–Crippen LogP) is 4.01. The van der Waals surface area contributed by atoms with E-state index in [-0.39, 0.29) is 24.1 Å². The van der Waals surface area contributed by atoms with E-state index in [1.807, 2.05) is 18.2 Å². The van der Waals surface area contributed by atoms with Crippen LogP contribution in [0.1, 0.15) is 5.56 Å². The Hall–Kier alpha value is -1.34. The van der Waals surface area contributed by atoms with Crippen molar-refractivity contribution in [2.24, 2.45) is 0 Å². The molecule has 21 heavy (non-hydrogen) atoms. The van der Waals surface area contributed by atoms with E-state index in [1.54, 1.807) is 12.1 Å². The van der Waals surface area contributed by atoms with Crippen molar-refractivity contribution < 1.29 is 13.9 Å². The second-order valence-corrected chi connectivity index (χ2v) is 6.25. The number of hydrogen-bond acceptors (Lipinski definition) is 2. The van der Waals surface area contributed by atoms with Gasteiger partial charge in [0, 0.05) is 9.13 Å². The summed E-state index contributed by atoms with van der Waals surface area (Å²) in [7, 11) is 0. The van der Waals surface area contributed by atoms with Crippen LogP contribution < -0.4 is 9.64 Å². The summed E-state index contributed by atoms with van der Waals surface area (Å²) in [6.45, 7) is 0.0808. The van der Waals surface area contributed by atoms with Crippen molar-refractivity contribution in [3.05, 3.63) is 56.4 Å². The summed E-state index contributed by atoms with van der Waals surface area (Å²) in [5, 5.41) is 0.0519. The predicted molar refractivity (Wildman–Crippen MR) is 87.3 cm³/mol. The van der Waals surface area contributed by atoms with E-state index in [1.165, 1.54) is 11.0 Å². The number of anilines is 1. The average Bonchev–Trinajstić information content (AvgIpc) is 2.46. The molecule has 1 aliphatic heterocycles. The second kappa shape index (κ2) is 5.81. The Morgan fingerprint density at radius 2 is 2.14 bits per heavy atom. The van der Waals surface area contributed by atoms with Crippen molar-refractivity contribution >= 4 is 45.8 Å². The number of carbonyl (C=O) groups is 1. The van der Waals surface area contributed by atoms with Gasteiger partial charge < -0.3 is 9.64 Å². The van der Waals surface area contributed by atoms with E-state index in [0.717, 1.165) is 3.57 Å². The fourth-order valence-electron chi connectivity index (χ4n) is 2.19. The largest absolute Gasteiger partial charge is 0.482 e. The Bertz CT molecular complexity index is 723. The fraction of sp³-hybridized carbons (Fsp3) is 0.133. The highest BCUT2D eigenvalue weighted by atomic mass is 127. The van der Waals surface area contributed by atoms with Crippen molar-refractivity contribution in [2.45, 2.75) is 6.54 Å². The van der Waals surface area contributed by atoms with Crippen LogP contribution in [0.2, 0.25) is 5.02 Å². The van der Waals surface area contributed by atoms with Crippen molar-refractivity contribution in [3.63, 3.8) is 0 Å². The molecule has 0 aromatic heterocycles. The first-order valence-electron chi connectivity index (χ1n) is 6.22. The zero-order valence-corrected chi connectivity index (χ0v) is 13.7. The summed E-state index contributed by atoms with van der Waals surface area (Å²) in [6, 6.07) is 10.3. The third-order valence-electron chi connectivity index (χ3n) is 3.22. The van der Waals surface area contributed by atoms with Crippen molar-refractivity contribution in [3.8, 4) is 5.75 Å². The molecule has 1 aliphatic rings. The molecule has 1 amide bonds. The number of halogens is 3. The topological polar surface area (TPSA) is 29.5 Å². The summed E-state index contributed by atoms with van der Waals surface area (Å²) in [5.41, 5.74) is 1.03. The molecule has 108 valence electrons. The van der Waals surface area contributed by atoms with Crippen molar-refractivity contribution in [1.82, 2.24) is 0 Å². The lowest BCUT2D eigenvalue weighted by Crippen LogP contribution is -2.38. The van der Waals surface area contributed by atoms with Gasteiger partial charge in [0.25, 0.3) is 5.91 Å². The molecular formula is C15H10ClFINO2. The molecule has 3 rings (SSSR count). The normalized spacial score (nSPS) is 13.9. The molecule has 0 saturated heterocycles. The Kier molecular flexibility index (Phi) is 4.03. The van der Waals surface area contributed by atoms with Crippen LogP contribution in [0, 0.1) is 9.39 Å². The Labute approximate surface area is 139 Å². The highest BCUT2D eigenvalue weighted by Gasteiger charge is 2.26. The van der Waals surface area contributed by atoms with Gasteiger partial charge in [0.1, 0.15) is 11.6 Å². The molecule has 1 heterocycles. The summed E-state index contributed by atoms with van der Waals surface area (Å²) in [4.78, 5) is 13.6. The van der Waals surface area contributed by atoms with Crippen LogP contribution in [0.3, 0.4) is 0 Å². The molecule has 0 unspecified atom stereocenters. The van der Waals surface area contributed by atoms with Gasteiger partial charge in [-0.25, -0.2) is 4.39 Å². The van der Waals surface area contributed by atoms with Gasteiger partial charge in [-0.1, -0.05) is 23.7 Å². The zero-order valence-electron chi connectivity index (χ0n) is 10.8. The summed E-state index contributed by atoms with van der Waals surface area (Å²) in [5.74, 6) is -0.0769. The summed E-state index contributed by atoms with van der Waals surface area (Å²) < 4.78 is 20.4. The molecule has 0 spiro atoms. The van der Waals surface area contributed by atoms with E-state index in [0.29, 0.717) is 17.0 Å². The van der Waals surface area contributed by atoms with E-state index in [2.05, 4.69) is 22.6 Å². The van der Waals surface area contributed by atoms with Crippen LogP contribution in [-0.2, 0) is 11.3 Å². The van der Waals surface area contributed by atoms with Crippen LogP contribution in [0.5, 0.6) is 5.75 Å². The minimum Gasteiger partial charge on any atom is -0.482 e. The van der Waals surface area contributed by atoms with Gasteiger partial charge in [-0.3, -0.25) is 4.79 Å². The lowest BCUT2D eigenvalue weighted by molar-refractivity contribution is -0.121. The number of fused-ring (bicyclic) bond motifs is 1. The molecule has 0 aliphatic carbocycles. The molecule has 3 nitrogen and oxygen atoms in total. The average molecular weight is 418 g/mol. The maximum absolute atomic E-state index is 14.0. The molecule has 6 heteroatoms. The molecular weight excluding hydrogens is 408 g/mol. The van der Waals surface area contributed by atoms with Gasteiger partial charge in [-0.15, -0.1) is 0 Å². The number of nitrogens with zero attached hydrogens (tertiary/aromatic N) is 1. The van der Waals surface area contributed by atoms with Crippen LogP contribution in [0.25, 0.3) is 0 Å². The lowest BCUT2D eigenvalue weighted by atomic mass is 10.1. The van der Waals surface area contributed by atoms with Gasteiger partial charge in [-0.05, 0) is 46.9 Å². The standard InChI is InChI=1S/C15H10ClFINO2/c16-11-3-1-2-9(15(11)17)7-19-12-6-10(18)4-5-13(12)21-8-14(19)20/h1-6H,7-8H2. The number of ether oxygens (including phenoxy) is 1. The van der Waals surface area contributed by atoms with Crippen molar-refractivity contribution in [2.75, 3.05) is 11.5 Å². The van der Waals surface area contributed by atoms with Gasteiger partial charge in [-0.2, -0.15) is 0 Å².